The molecule has 0 aliphatic carbocycles. The largest absolute Gasteiger partial charge is 0.426 e. The van der Waals surface area contributed by atoms with Crippen LogP contribution >= 0.6 is 0 Å². The SMILES string of the molecule is CNc1ccc2c(c1)CCC(=O)O2. The Hall–Kier alpha value is -1.51. The van der Waals surface area contributed by atoms with Gasteiger partial charge in [0.25, 0.3) is 0 Å². The monoisotopic (exact) mass is 177 g/mol. The molecule has 0 amide bonds. The first-order chi connectivity index (χ1) is 6.29. The average molecular weight is 177 g/mol. The van der Waals surface area contributed by atoms with Crippen LogP contribution in [0.25, 0.3) is 0 Å². The fourth-order valence-corrected chi connectivity index (χ4v) is 1.44. The smallest absolute Gasteiger partial charge is 0.311 e. The Kier molecular flexibility index (Phi) is 1.93. The molecule has 0 unspecified atom stereocenters. The van der Waals surface area contributed by atoms with Gasteiger partial charge in [0.1, 0.15) is 5.75 Å². The second-order valence-electron chi connectivity index (χ2n) is 3.05. The van der Waals surface area contributed by atoms with Crippen molar-refractivity contribution >= 4 is 11.7 Å². The lowest BCUT2D eigenvalue weighted by Crippen LogP contribution is -2.15. The normalized spacial score (nSPS) is 14.7. The maximum atomic E-state index is 10.9. The summed E-state index contributed by atoms with van der Waals surface area (Å²) < 4.78 is 5.06. The lowest BCUT2D eigenvalue weighted by Gasteiger charge is -2.15. The van der Waals surface area contributed by atoms with Crippen molar-refractivity contribution in [3.63, 3.8) is 0 Å². The Balaban J connectivity index is 2.36. The molecule has 3 nitrogen and oxygen atoms in total. The van der Waals surface area contributed by atoms with Crippen molar-refractivity contribution in [2.24, 2.45) is 0 Å². The molecule has 13 heavy (non-hydrogen) atoms. The van der Waals surface area contributed by atoms with E-state index in [0.717, 1.165) is 17.7 Å². The van der Waals surface area contributed by atoms with Crippen LogP contribution in [0.1, 0.15) is 12.0 Å². The maximum absolute atomic E-state index is 10.9. The molecule has 2 rings (SSSR count). The van der Waals surface area contributed by atoms with Crippen molar-refractivity contribution in [3.8, 4) is 5.75 Å². The van der Waals surface area contributed by atoms with Crippen LogP contribution in [0.5, 0.6) is 5.75 Å². The van der Waals surface area contributed by atoms with Crippen LogP contribution in [0, 0.1) is 0 Å². The van der Waals surface area contributed by atoms with E-state index in [4.69, 9.17) is 4.74 Å². The zero-order valence-corrected chi connectivity index (χ0v) is 7.46. The highest BCUT2D eigenvalue weighted by atomic mass is 16.5. The van der Waals surface area contributed by atoms with E-state index in [1.165, 1.54) is 0 Å². The quantitative estimate of drug-likeness (QED) is 0.522. The zero-order valence-electron chi connectivity index (χ0n) is 7.46. The molecule has 0 spiro atoms. The van der Waals surface area contributed by atoms with Gasteiger partial charge in [0.15, 0.2) is 0 Å². The van der Waals surface area contributed by atoms with Crippen molar-refractivity contribution in [2.45, 2.75) is 12.8 Å². The number of esters is 1. The Labute approximate surface area is 76.7 Å². The van der Waals surface area contributed by atoms with Gasteiger partial charge in [-0.3, -0.25) is 4.79 Å². The molecule has 1 aliphatic heterocycles. The third kappa shape index (κ3) is 1.49. The number of carbonyl (C=O) groups is 1. The summed E-state index contributed by atoms with van der Waals surface area (Å²) in [6.07, 6.45) is 1.27. The van der Waals surface area contributed by atoms with Gasteiger partial charge in [0.05, 0.1) is 6.42 Å². The van der Waals surface area contributed by atoms with Crippen molar-refractivity contribution in [1.82, 2.24) is 0 Å². The minimum Gasteiger partial charge on any atom is -0.426 e. The molecule has 0 bridgehead atoms. The number of fused-ring (bicyclic) bond motifs is 1. The highest BCUT2D eigenvalue weighted by Crippen LogP contribution is 2.27. The Morgan fingerprint density at radius 1 is 1.38 bits per heavy atom. The number of ether oxygens (including phenoxy) is 1. The maximum Gasteiger partial charge on any atom is 0.311 e. The predicted molar refractivity (Wildman–Crippen MR) is 49.9 cm³/mol. The van der Waals surface area contributed by atoms with Gasteiger partial charge in [-0.05, 0) is 30.2 Å². The van der Waals surface area contributed by atoms with Gasteiger partial charge in [-0.25, -0.2) is 0 Å². The topological polar surface area (TPSA) is 38.3 Å². The van der Waals surface area contributed by atoms with Crippen LogP contribution in [-0.4, -0.2) is 13.0 Å². The molecular formula is C10H11NO2. The first kappa shape index (κ1) is 8.10. The number of rotatable bonds is 1. The summed E-state index contributed by atoms with van der Waals surface area (Å²) in [6, 6.07) is 5.75. The van der Waals surface area contributed by atoms with E-state index in [9.17, 15) is 4.79 Å². The predicted octanol–water partition coefficient (Wildman–Crippen LogP) is 1.58. The first-order valence-corrected chi connectivity index (χ1v) is 4.31. The van der Waals surface area contributed by atoms with E-state index >= 15 is 0 Å². The van der Waals surface area contributed by atoms with E-state index in [1.807, 2.05) is 25.2 Å². The van der Waals surface area contributed by atoms with Crippen molar-refractivity contribution < 1.29 is 9.53 Å². The van der Waals surface area contributed by atoms with Gasteiger partial charge in [-0.2, -0.15) is 0 Å². The number of hydrogen-bond acceptors (Lipinski definition) is 3. The van der Waals surface area contributed by atoms with Crippen LogP contribution in [0.4, 0.5) is 5.69 Å². The Morgan fingerprint density at radius 3 is 3.00 bits per heavy atom. The first-order valence-electron chi connectivity index (χ1n) is 4.31. The number of carbonyl (C=O) groups excluding carboxylic acids is 1. The molecule has 3 heteroatoms. The van der Waals surface area contributed by atoms with Crippen molar-refractivity contribution in [2.75, 3.05) is 12.4 Å². The molecule has 0 fully saturated rings. The molecule has 1 aliphatic rings. The average Bonchev–Trinajstić information content (AvgIpc) is 2.17. The molecule has 1 aromatic rings. The highest BCUT2D eigenvalue weighted by Gasteiger charge is 2.16. The van der Waals surface area contributed by atoms with Gasteiger partial charge >= 0.3 is 5.97 Å². The van der Waals surface area contributed by atoms with E-state index in [2.05, 4.69) is 5.32 Å². The number of benzene rings is 1. The number of aryl methyl sites for hydroxylation is 1. The van der Waals surface area contributed by atoms with Gasteiger partial charge in [0.2, 0.25) is 0 Å². The Bertz CT molecular complexity index is 347. The number of nitrogens with one attached hydrogen (secondary N) is 1. The summed E-state index contributed by atoms with van der Waals surface area (Å²) >= 11 is 0. The number of hydrogen-bond donors (Lipinski definition) is 1. The van der Waals surface area contributed by atoms with Crippen LogP contribution in [-0.2, 0) is 11.2 Å². The zero-order chi connectivity index (χ0) is 9.26. The third-order valence-electron chi connectivity index (χ3n) is 2.17. The minimum atomic E-state index is -0.135. The molecular weight excluding hydrogens is 166 g/mol. The van der Waals surface area contributed by atoms with E-state index in [0.29, 0.717) is 12.2 Å². The standard InChI is InChI=1S/C10H11NO2/c1-11-8-3-4-9-7(6-8)2-5-10(12)13-9/h3-4,6,11H,2,5H2,1H3. The summed E-state index contributed by atoms with van der Waals surface area (Å²) in [5.74, 6) is 0.569. The fourth-order valence-electron chi connectivity index (χ4n) is 1.44. The molecule has 1 heterocycles. The van der Waals surface area contributed by atoms with Gasteiger partial charge < -0.3 is 10.1 Å². The number of anilines is 1. The van der Waals surface area contributed by atoms with Gasteiger partial charge in [-0.15, -0.1) is 0 Å². The molecule has 0 saturated heterocycles. The minimum absolute atomic E-state index is 0.135. The van der Waals surface area contributed by atoms with Crippen molar-refractivity contribution in [3.05, 3.63) is 23.8 Å². The second-order valence-corrected chi connectivity index (χ2v) is 3.05. The molecule has 0 saturated carbocycles. The van der Waals surface area contributed by atoms with E-state index in [-0.39, 0.29) is 5.97 Å². The van der Waals surface area contributed by atoms with Crippen LogP contribution in [0.15, 0.2) is 18.2 Å². The van der Waals surface area contributed by atoms with Crippen molar-refractivity contribution in [1.29, 1.82) is 0 Å². The summed E-state index contributed by atoms with van der Waals surface area (Å²) in [6.45, 7) is 0. The molecule has 1 N–H and O–H groups in total. The summed E-state index contributed by atoms with van der Waals surface area (Å²) in [4.78, 5) is 10.9. The summed E-state index contributed by atoms with van der Waals surface area (Å²) in [5, 5.41) is 3.05. The van der Waals surface area contributed by atoms with Crippen LogP contribution in [0.3, 0.4) is 0 Å². The van der Waals surface area contributed by atoms with Crippen LogP contribution < -0.4 is 10.1 Å². The molecule has 0 radical (unpaired) electrons. The highest BCUT2D eigenvalue weighted by molar-refractivity contribution is 5.75. The molecule has 1 aromatic carbocycles. The molecule has 0 atom stereocenters. The third-order valence-corrected chi connectivity index (χ3v) is 2.17. The van der Waals surface area contributed by atoms with E-state index < -0.39 is 0 Å². The molecule has 0 aromatic heterocycles. The molecule has 68 valence electrons. The summed E-state index contributed by atoms with van der Waals surface area (Å²) in [5.41, 5.74) is 2.16. The fraction of sp³-hybridized carbons (Fsp3) is 0.300. The Morgan fingerprint density at radius 2 is 2.23 bits per heavy atom. The second kappa shape index (κ2) is 3.09. The lowest BCUT2D eigenvalue weighted by atomic mass is 10.1. The van der Waals surface area contributed by atoms with Gasteiger partial charge in [-0.1, -0.05) is 0 Å². The van der Waals surface area contributed by atoms with Gasteiger partial charge in [0, 0.05) is 12.7 Å². The summed E-state index contributed by atoms with van der Waals surface area (Å²) in [7, 11) is 1.87. The van der Waals surface area contributed by atoms with Crippen LogP contribution in [0.2, 0.25) is 0 Å². The lowest BCUT2D eigenvalue weighted by molar-refractivity contribution is -0.135. The van der Waals surface area contributed by atoms with E-state index in [1.54, 1.807) is 0 Å².